The van der Waals surface area contributed by atoms with Gasteiger partial charge in [0.1, 0.15) is 6.10 Å². The van der Waals surface area contributed by atoms with Crippen LogP contribution in [0.1, 0.15) is 37.0 Å². The van der Waals surface area contributed by atoms with Gasteiger partial charge in [-0.25, -0.2) is 4.79 Å². The summed E-state index contributed by atoms with van der Waals surface area (Å²) in [7, 11) is 0. The van der Waals surface area contributed by atoms with Gasteiger partial charge in [0.05, 0.1) is 23.2 Å². The normalized spacial score (nSPS) is 43.1. The number of hydrogen-bond donors (Lipinski definition) is 0. The van der Waals surface area contributed by atoms with Crippen molar-refractivity contribution in [1.82, 2.24) is 0 Å². The predicted molar refractivity (Wildman–Crippen MR) is 98.5 cm³/mol. The van der Waals surface area contributed by atoms with E-state index in [1.54, 1.807) is 0 Å². The summed E-state index contributed by atoms with van der Waals surface area (Å²) in [5.74, 6) is 0.0535. The van der Waals surface area contributed by atoms with Crippen molar-refractivity contribution in [3.63, 3.8) is 0 Å². The Morgan fingerprint density at radius 1 is 1.21 bits per heavy atom. The van der Waals surface area contributed by atoms with Gasteiger partial charge in [0, 0.05) is 5.92 Å². The molecular weight excluding hydrogens is 356 g/mol. The number of fused-ring (bicyclic) bond motifs is 8. The molecule has 2 aliphatic heterocycles. The molecule has 28 heavy (non-hydrogen) atoms. The average Bonchev–Trinajstić information content (AvgIpc) is 3.47. The summed E-state index contributed by atoms with van der Waals surface area (Å²) in [4.78, 5) is 25.2. The van der Waals surface area contributed by atoms with Crippen LogP contribution in [0.15, 0.2) is 48.3 Å². The molecule has 6 rings (SSSR count). The van der Waals surface area contributed by atoms with E-state index in [1.807, 2.05) is 18.2 Å². The summed E-state index contributed by atoms with van der Waals surface area (Å²) < 4.78 is 17.3. The number of benzene rings is 1. The zero-order valence-electron chi connectivity index (χ0n) is 15.7. The molecule has 2 bridgehead atoms. The first-order valence-electron chi connectivity index (χ1n) is 10.2. The molecule has 1 saturated carbocycles. The van der Waals surface area contributed by atoms with Gasteiger partial charge in [0.15, 0.2) is 0 Å². The van der Waals surface area contributed by atoms with Crippen LogP contribution < -0.4 is 0 Å². The zero-order chi connectivity index (χ0) is 19.0. The molecule has 2 heterocycles. The highest BCUT2D eigenvalue weighted by Gasteiger charge is 2.68. The van der Waals surface area contributed by atoms with Crippen LogP contribution in [0.5, 0.6) is 0 Å². The van der Waals surface area contributed by atoms with Crippen molar-refractivity contribution in [2.45, 2.75) is 38.6 Å². The Kier molecular flexibility index (Phi) is 3.22. The van der Waals surface area contributed by atoms with E-state index in [0.29, 0.717) is 11.5 Å². The lowest BCUT2D eigenvalue weighted by molar-refractivity contribution is -0.162. The molecule has 0 aromatic heterocycles. The van der Waals surface area contributed by atoms with Crippen LogP contribution in [-0.2, 0) is 30.2 Å². The summed E-state index contributed by atoms with van der Waals surface area (Å²) in [6.07, 6.45) is 7.52. The fraction of sp³-hybridized carbons (Fsp3) is 0.478. The van der Waals surface area contributed by atoms with E-state index in [9.17, 15) is 9.59 Å². The second-order valence-corrected chi connectivity index (χ2v) is 8.63. The Hall–Kier alpha value is -2.56. The van der Waals surface area contributed by atoms with E-state index in [2.05, 4.69) is 25.1 Å². The van der Waals surface area contributed by atoms with Crippen molar-refractivity contribution in [3.8, 4) is 0 Å². The van der Waals surface area contributed by atoms with E-state index in [4.69, 9.17) is 14.2 Å². The van der Waals surface area contributed by atoms with Crippen LogP contribution in [0, 0.1) is 29.1 Å². The van der Waals surface area contributed by atoms with E-state index in [0.717, 1.165) is 24.8 Å². The molecule has 5 heteroatoms. The summed E-state index contributed by atoms with van der Waals surface area (Å²) in [5.41, 5.74) is 2.38. The molecule has 1 aromatic rings. The first-order chi connectivity index (χ1) is 13.6. The maximum absolute atomic E-state index is 12.8. The molecular formula is C23H22O5. The molecule has 4 unspecified atom stereocenters. The zero-order valence-corrected chi connectivity index (χ0v) is 15.7. The van der Waals surface area contributed by atoms with Crippen molar-refractivity contribution >= 4 is 11.9 Å². The number of allylic oxidation sites excluding steroid dienone is 2. The van der Waals surface area contributed by atoms with Gasteiger partial charge in [0.25, 0.3) is 0 Å². The van der Waals surface area contributed by atoms with Crippen molar-refractivity contribution < 1.29 is 23.8 Å². The van der Waals surface area contributed by atoms with Gasteiger partial charge in [-0.15, -0.1) is 0 Å². The third-order valence-corrected chi connectivity index (χ3v) is 7.68. The fourth-order valence-corrected chi connectivity index (χ4v) is 6.37. The maximum Gasteiger partial charge on any atom is 0.338 e. The van der Waals surface area contributed by atoms with Crippen LogP contribution in [0.4, 0.5) is 0 Å². The van der Waals surface area contributed by atoms with Gasteiger partial charge in [-0.2, -0.15) is 0 Å². The SMILES string of the molecule is CC[C@@]12C(=O)OC(O/C=C3/C(=O)OC4c5ccccc5CC34)C1[C@@H]1C=C[C@H]2C1. The van der Waals surface area contributed by atoms with Gasteiger partial charge in [-0.3, -0.25) is 4.79 Å². The highest BCUT2D eigenvalue weighted by atomic mass is 16.7. The lowest BCUT2D eigenvalue weighted by Crippen LogP contribution is -2.38. The molecule has 5 nitrogen and oxygen atoms in total. The van der Waals surface area contributed by atoms with Gasteiger partial charge < -0.3 is 14.2 Å². The fourth-order valence-electron chi connectivity index (χ4n) is 6.37. The largest absolute Gasteiger partial charge is 0.461 e. The first kappa shape index (κ1) is 16.4. The molecule has 0 N–H and O–H groups in total. The Morgan fingerprint density at radius 2 is 2.07 bits per heavy atom. The third-order valence-electron chi connectivity index (χ3n) is 7.68. The van der Waals surface area contributed by atoms with Gasteiger partial charge in [-0.05, 0) is 42.2 Å². The van der Waals surface area contributed by atoms with E-state index in [1.165, 1.54) is 11.8 Å². The third kappa shape index (κ3) is 1.87. The molecule has 3 fully saturated rings. The summed E-state index contributed by atoms with van der Waals surface area (Å²) in [5, 5.41) is 0. The number of cyclic esters (lactones) is 1. The number of rotatable bonds is 3. The maximum atomic E-state index is 12.8. The quantitative estimate of drug-likeness (QED) is 0.349. The highest BCUT2D eigenvalue weighted by Crippen LogP contribution is 2.63. The van der Waals surface area contributed by atoms with Crippen molar-refractivity contribution in [2.75, 3.05) is 0 Å². The Balaban J connectivity index is 1.28. The smallest absolute Gasteiger partial charge is 0.338 e. The number of esters is 2. The predicted octanol–water partition coefficient (Wildman–Crippen LogP) is 3.46. The van der Waals surface area contributed by atoms with Crippen molar-refractivity contribution in [1.29, 1.82) is 0 Å². The van der Waals surface area contributed by atoms with E-state index >= 15 is 0 Å². The monoisotopic (exact) mass is 378 g/mol. The minimum atomic E-state index is -0.629. The molecule has 0 radical (unpaired) electrons. The lowest BCUT2D eigenvalue weighted by Gasteiger charge is -2.31. The summed E-state index contributed by atoms with van der Waals surface area (Å²) in [6, 6.07) is 8.08. The highest BCUT2D eigenvalue weighted by molar-refractivity contribution is 5.92. The van der Waals surface area contributed by atoms with Crippen LogP contribution in [0.3, 0.4) is 0 Å². The minimum Gasteiger partial charge on any atom is -0.461 e. The van der Waals surface area contributed by atoms with Crippen LogP contribution in [-0.4, -0.2) is 18.2 Å². The first-order valence-corrected chi connectivity index (χ1v) is 10.2. The van der Waals surface area contributed by atoms with Crippen LogP contribution in [0.25, 0.3) is 0 Å². The van der Waals surface area contributed by atoms with Gasteiger partial charge >= 0.3 is 11.9 Å². The van der Waals surface area contributed by atoms with Crippen molar-refractivity contribution in [2.24, 2.45) is 29.1 Å². The molecule has 3 aliphatic carbocycles. The lowest BCUT2D eigenvalue weighted by atomic mass is 9.68. The standard InChI is InChI=1S/C23H22O5/c1-2-23-14-8-7-13(9-14)18(23)21(28-22(23)25)26-11-17-16-10-12-5-3-4-6-15(12)19(16)27-20(17)24/h3-8,11,13-14,16,18-19,21H,2,9-10H2,1H3/b17-11+/t13-,14+,16?,18?,19?,21?,23+/m1/s1. The minimum absolute atomic E-state index is 0.0193. The van der Waals surface area contributed by atoms with Crippen LogP contribution >= 0.6 is 0 Å². The molecule has 0 spiro atoms. The molecule has 2 saturated heterocycles. The summed E-state index contributed by atoms with van der Waals surface area (Å²) in [6.45, 7) is 2.05. The van der Waals surface area contributed by atoms with Gasteiger partial charge in [0.2, 0.25) is 6.29 Å². The molecule has 1 aromatic carbocycles. The molecule has 144 valence electrons. The number of carbonyl (C=O) groups excluding carboxylic acids is 2. The Bertz CT molecular complexity index is 946. The Labute approximate surface area is 163 Å². The summed E-state index contributed by atoms with van der Waals surface area (Å²) >= 11 is 0. The number of ether oxygens (including phenoxy) is 3. The number of carbonyl (C=O) groups is 2. The second kappa shape index (κ2) is 5.49. The van der Waals surface area contributed by atoms with E-state index < -0.39 is 11.7 Å². The number of hydrogen-bond acceptors (Lipinski definition) is 5. The molecule has 0 amide bonds. The molecule has 5 aliphatic rings. The van der Waals surface area contributed by atoms with Crippen LogP contribution in [0.2, 0.25) is 0 Å². The van der Waals surface area contributed by atoms with Gasteiger partial charge in [-0.1, -0.05) is 43.3 Å². The van der Waals surface area contributed by atoms with E-state index in [-0.39, 0.29) is 35.8 Å². The van der Waals surface area contributed by atoms with Crippen molar-refractivity contribution in [3.05, 3.63) is 59.4 Å². The average molecular weight is 378 g/mol. The second-order valence-electron chi connectivity index (χ2n) is 8.63. The Morgan fingerprint density at radius 3 is 2.93 bits per heavy atom. The topological polar surface area (TPSA) is 61.8 Å². The molecule has 7 atom stereocenters.